The number of alkyl halides is 3. The molecule has 26 heavy (non-hydrogen) atoms. The average molecular weight is 381 g/mol. The van der Waals surface area contributed by atoms with Gasteiger partial charge in [0, 0.05) is 19.6 Å². The van der Waals surface area contributed by atoms with Crippen LogP contribution in [0.3, 0.4) is 0 Å². The van der Waals surface area contributed by atoms with E-state index in [1.165, 1.54) is 57.8 Å². The van der Waals surface area contributed by atoms with Crippen molar-refractivity contribution in [1.82, 2.24) is 0 Å². The van der Waals surface area contributed by atoms with Gasteiger partial charge in [-0.25, -0.2) is 0 Å². The quantitative estimate of drug-likeness (QED) is 0.263. The van der Waals surface area contributed by atoms with Crippen molar-refractivity contribution in [3.05, 3.63) is 0 Å². The van der Waals surface area contributed by atoms with Crippen molar-refractivity contribution in [2.24, 2.45) is 0 Å². The predicted octanol–water partition coefficient (Wildman–Crippen LogP) is 7.21. The summed E-state index contributed by atoms with van der Waals surface area (Å²) in [7, 11) is 0. The summed E-state index contributed by atoms with van der Waals surface area (Å²) in [6, 6.07) is 0. The van der Waals surface area contributed by atoms with Crippen LogP contribution in [0.2, 0.25) is 0 Å². The maximum absolute atomic E-state index is 12.0. The lowest BCUT2D eigenvalue weighted by Gasteiger charge is -2.22. The Kier molecular flexibility index (Phi) is 14.4. The minimum Gasteiger partial charge on any atom is -0.379 e. The van der Waals surface area contributed by atoms with Gasteiger partial charge in [0.2, 0.25) is 0 Å². The number of rotatable bonds is 16. The zero-order valence-corrected chi connectivity index (χ0v) is 16.5. The molecule has 0 N–H and O–H groups in total. The monoisotopic (exact) mass is 380 g/mol. The molecule has 1 atom stereocenters. The first-order valence-electron chi connectivity index (χ1n) is 10.8. The van der Waals surface area contributed by atoms with Crippen molar-refractivity contribution in [3.63, 3.8) is 0 Å². The molecule has 1 unspecified atom stereocenters. The summed E-state index contributed by atoms with van der Waals surface area (Å²) in [6.07, 6.45) is 12.3. The number of hydrogen-bond acceptors (Lipinski definition) is 2. The maximum Gasteiger partial charge on any atom is 0.389 e. The van der Waals surface area contributed by atoms with Crippen LogP contribution in [-0.4, -0.2) is 32.1 Å². The molecule has 5 heteroatoms. The van der Waals surface area contributed by atoms with E-state index < -0.39 is 12.6 Å². The van der Waals surface area contributed by atoms with Crippen LogP contribution in [0.5, 0.6) is 0 Å². The largest absolute Gasteiger partial charge is 0.389 e. The van der Waals surface area contributed by atoms with Gasteiger partial charge in [-0.1, -0.05) is 64.2 Å². The molecule has 1 aliphatic heterocycles. The van der Waals surface area contributed by atoms with Crippen molar-refractivity contribution in [1.29, 1.82) is 0 Å². The average Bonchev–Trinajstić information content (AvgIpc) is 2.61. The normalized spacial score (nSPS) is 18.3. The summed E-state index contributed by atoms with van der Waals surface area (Å²) in [5.74, 6) is 0. The van der Waals surface area contributed by atoms with E-state index in [0.717, 1.165) is 45.5 Å². The minimum absolute atomic E-state index is 0.293. The lowest BCUT2D eigenvalue weighted by molar-refractivity contribution is -0.135. The van der Waals surface area contributed by atoms with Crippen LogP contribution >= 0.6 is 0 Å². The molecule has 1 saturated heterocycles. The molecule has 1 heterocycles. The summed E-state index contributed by atoms with van der Waals surface area (Å²) in [5, 5.41) is 0. The van der Waals surface area contributed by atoms with Crippen LogP contribution in [0.25, 0.3) is 0 Å². The van der Waals surface area contributed by atoms with Crippen LogP contribution in [0.1, 0.15) is 103 Å². The Hall–Kier alpha value is -0.290. The topological polar surface area (TPSA) is 18.5 Å². The Morgan fingerprint density at radius 2 is 1.27 bits per heavy atom. The van der Waals surface area contributed by atoms with Gasteiger partial charge in [-0.05, 0) is 32.1 Å². The molecular formula is C21H39F3O2. The SMILES string of the molecule is FC(F)(F)CCCCCCCCCCCCCCOCC1CCCCO1. The Labute approximate surface area is 158 Å². The van der Waals surface area contributed by atoms with Crippen LogP contribution in [0, 0.1) is 0 Å². The molecular weight excluding hydrogens is 341 g/mol. The van der Waals surface area contributed by atoms with Gasteiger partial charge in [0.1, 0.15) is 0 Å². The van der Waals surface area contributed by atoms with Gasteiger partial charge in [-0.2, -0.15) is 13.2 Å². The molecule has 0 aromatic heterocycles. The Morgan fingerprint density at radius 3 is 1.77 bits per heavy atom. The van der Waals surface area contributed by atoms with Crippen LogP contribution in [0.4, 0.5) is 13.2 Å². The van der Waals surface area contributed by atoms with Crippen molar-refractivity contribution in [2.75, 3.05) is 19.8 Å². The molecule has 0 spiro atoms. The number of hydrogen-bond donors (Lipinski definition) is 0. The third-order valence-corrected chi connectivity index (χ3v) is 5.08. The Bertz CT molecular complexity index is 302. The zero-order valence-electron chi connectivity index (χ0n) is 16.5. The van der Waals surface area contributed by atoms with E-state index in [1.807, 2.05) is 0 Å². The van der Waals surface area contributed by atoms with Crippen molar-refractivity contribution < 1.29 is 22.6 Å². The van der Waals surface area contributed by atoms with E-state index >= 15 is 0 Å². The van der Waals surface area contributed by atoms with Gasteiger partial charge in [-0.3, -0.25) is 0 Å². The first kappa shape index (κ1) is 23.7. The molecule has 0 aliphatic carbocycles. The van der Waals surface area contributed by atoms with E-state index in [-0.39, 0.29) is 0 Å². The zero-order chi connectivity index (χ0) is 18.9. The molecule has 0 bridgehead atoms. The highest BCUT2D eigenvalue weighted by Crippen LogP contribution is 2.23. The van der Waals surface area contributed by atoms with Crippen LogP contribution < -0.4 is 0 Å². The molecule has 1 rings (SSSR count). The van der Waals surface area contributed by atoms with Gasteiger partial charge in [0.25, 0.3) is 0 Å². The van der Waals surface area contributed by atoms with Gasteiger partial charge < -0.3 is 9.47 Å². The van der Waals surface area contributed by atoms with Crippen molar-refractivity contribution >= 4 is 0 Å². The smallest absolute Gasteiger partial charge is 0.379 e. The molecule has 0 radical (unpaired) electrons. The fourth-order valence-electron chi connectivity index (χ4n) is 3.45. The number of halogens is 3. The first-order valence-corrected chi connectivity index (χ1v) is 10.8. The van der Waals surface area contributed by atoms with E-state index in [1.54, 1.807) is 0 Å². The second-order valence-electron chi connectivity index (χ2n) is 7.67. The second kappa shape index (κ2) is 15.7. The summed E-state index contributed by atoms with van der Waals surface area (Å²) in [5.41, 5.74) is 0. The third kappa shape index (κ3) is 15.9. The number of unbranched alkanes of at least 4 members (excludes halogenated alkanes) is 11. The summed E-state index contributed by atoms with van der Waals surface area (Å²) in [6.45, 7) is 2.51. The molecule has 2 nitrogen and oxygen atoms in total. The predicted molar refractivity (Wildman–Crippen MR) is 100 cm³/mol. The van der Waals surface area contributed by atoms with E-state index in [0.29, 0.717) is 18.9 Å². The Morgan fingerprint density at radius 1 is 0.731 bits per heavy atom. The Balaban J connectivity index is 1.68. The highest BCUT2D eigenvalue weighted by molar-refractivity contribution is 4.62. The molecule has 0 saturated carbocycles. The van der Waals surface area contributed by atoms with Gasteiger partial charge in [0.15, 0.2) is 0 Å². The second-order valence-corrected chi connectivity index (χ2v) is 7.67. The van der Waals surface area contributed by atoms with E-state index in [2.05, 4.69) is 0 Å². The molecule has 0 aromatic rings. The summed E-state index contributed by atoms with van der Waals surface area (Å²) in [4.78, 5) is 0. The van der Waals surface area contributed by atoms with E-state index in [9.17, 15) is 13.2 Å². The number of ether oxygens (including phenoxy) is 2. The first-order chi connectivity index (χ1) is 12.6. The standard InChI is InChI=1S/C21H39F3O2/c22-21(23,24)16-12-9-7-5-3-1-2-4-6-8-10-13-17-25-19-20-15-11-14-18-26-20/h20H,1-19H2. The lowest BCUT2D eigenvalue weighted by Crippen LogP contribution is -2.24. The molecule has 0 aromatic carbocycles. The van der Waals surface area contributed by atoms with E-state index in [4.69, 9.17) is 9.47 Å². The minimum atomic E-state index is -3.98. The molecule has 1 fully saturated rings. The van der Waals surface area contributed by atoms with Gasteiger partial charge in [0.05, 0.1) is 12.7 Å². The fraction of sp³-hybridized carbons (Fsp3) is 1.00. The van der Waals surface area contributed by atoms with Crippen LogP contribution in [0.15, 0.2) is 0 Å². The van der Waals surface area contributed by atoms with Crippen LogP contribution in [-0.2, 0) is 9.47 Å². The summed E-state index contributed by atoms with van der Waals surface area (Å²) < 4.78 is 47.3. The third-order valence-electron chi connectivity index (χ3n) is 5.08. The van der Waals surface area contributed by atoms with Crippen molar-refractivity contribution in [2.45, 2.75) is 115 Å². The van der Waals surface area contributed by atoms with Gasteiger partial charge in [-0.15, -0.1) is 0 Å². The highest BCUT2D eigenvalue weighted by atomic mass is 19.4. The lowest BCUT2D eigenvalue weighted by atomic mass is 10.0. The molecule has 0 amide bonds. The van der Waals surface area contributed by atoms with Crippen molar-refractivity contribution in [3.8, 4) is 0 Å². The summed E-state index contributed by atoms with van der Waals surface area (Å²) >= 11 is 0. The maximum atomic E-state index is 12.0. The molecule has 156 valence electrons. The highest BCUT2D eigenvalue weighted by Gasteiger charge is 2.25. The fourth-order valence-corrected chi connectivity index (χ4v) is 3.45. The molecule has 1 aliphatic rings. The van der Waals surface area contributed by atoms with Gasteiger partial charge >= 0.3 is 6.18 Å².